The fraction of sp³-hybridized carbons (Fsp3) is 0.364. The fourth-order valence-corrected chi connectivity index (χ4v) is 4.08. The van der Waals surface area contributed by atoms with E-state index in [-0.39, 0.29) is 17.4 Å². The lowest BCUT2D eigenvalue weighted by Crippen LogP contribution is -2.52. The van der Waals surface area contributed by atoms with Crippen LogP contribution in [-0.4, -0.2) is 44.9 Å². The van der Waals surface area contributed by atoms with Gasteiger partial charge in [0.25, 0.3) is 5.91 Å². The Bertz CT molecular complexity index is 1020. The normalized spacial score (nSPS) is 18.6. The molecule has 3 heterocycles. The van der Waals surface area contributed by atoms with Gasteiger partial charge in [0.15, 0.2) is 0 Å². The summed E-state index contributed by atoms with van der Waals surface area (Å²) in [6, 6.07) is 9.75. The Morgan fingerprint density at radius 3 is 2.76 bits per heavy atom. The number of pyridine rings is 1. The lowest BCUT2D eigenvalue weighted by Gasteiger charge is -2.44. The number of carbonyl (C=O) groups excluding carboxylic acids is 1. The molecule has 1 atom stereocenters. The van der Waals surface area contributed by atoms with Gasteiger partial charge in [-0.05, 0) is 46.3 Å². The predicted molar refractivity (Wildman–Crippen MR) is 118 cm³/mol. The van der Waals surface area contributed by atoms with E-state index in [0.29, 0.717) is 24.6 Å². The van der Waals surface area contributed by atoms with Gasteiger partial charge in [0.2, 0.25) is 5.95 Å². The first-order valence-corrected chi connectivity index (χ1v) is 10.6. The van der Waals surface area contributed by atoms with Crippen LogP contribution >= 0.6 is 15.9 Å². The van der Waals surface area contributed by atoms with E-state index in [1.165, 1.54) is 0 Å². The highest BCUT2D eigenvalue weighted by atomic mass is 79.9. The van der Waals surface area contributed by atoms with Crippen LogP contribution in [0.25, 0.3) is 10.9 Å². The number of likely N-dealkylation sites (tertiary alicyclic amines) is 1. The molecule has 1 saturated heterocycles. The maximum absolute atomic E-state index is 13.6. The molecule has 7 heteroatoms. The number of carbonyl (C=O) groups is 1. The first kappa shape index (κ1) is 19.8. The van der Waals surface area contributed by atoms with Gasteiger partial charge in [0.1, 0.15) is 0 Å². The van der Waals surface area contributed by atoms with Crippen LogP contribution in [0.1, 0.15) is 37.0 Å². The summed E-state index contributed by atoms with van der Waals surface area (Å²) < 4.78 is 0.836. The summed E-state index contributed by atoms with van der Waals surface area (Å²) in [5, 5.41) is 4.27. The maximum Gasteiger partial charge on any atom is 0.256 e. The minimum absolute atomic E-state index is 0.0330. The smallest absolute Gasteiger partial charge is 0.256 e. The van der Waals surface area contributed by atoms with E-state index in [1.807, 2.05) is 35.2 Å². The third-order valence-electron chi connectivity index (χ3n) is 5.43. The van der Waals surface area contributed by atoms with Crippen molar-refractivity contribution in [2.24, 2.45) is 5.41 Å². The molecule has 4 rings (SSSR count). The molecular weight excluding hydrogens is 430 g/mol. The van der Waals surface area contributed by atoms with Gasteiger partial charge in [0.05, 0.1) is 15.6 Å². The third-order valence-corrected chi connectivity index (χ3v) is 5.84. The van der Waals surface area contributed by atoms with E-state index in [0.717, 1.165) is 28.2 Å². The van der Waals surface area contributed by atoms with Gasteiger partial charge in [-0.25, -0.2) is 9.97 Å². The number of fused-ring (bicyclic) bond motifs is 1. The molecule has 1 amide bonds. The molecule has 3 aromatic rings. The molecule has 6 nitrogen and oxygen atoms in total. The molecule has 1 aliphatic heterocycles. The molecule has 1 unspecified atom stereocenters. The van der Waals surface area contributed by atoms with E-state index in [9.17, 15) is 4.79 Å². The van der Waals surface area contributed by atoms with Crippen molar-refractivity contribution >= 4 is 38.7 Å². The zero-order valence-electron chi connectivity index (χ0n) is 16.6. The highest BCUT2D eigenvalue weighted by molar-refractivity contribution is 9.10. The van der Waals surface area contributed by atoms with Crippen molar-refractivity contribution in [2.45, 2.75) is 32.7 Å². The molecule has 1 aromatic carbocycles. The summed E-state index contributed by atoms with van der Waals surface area (Å²) in [7, 11) is 0. The third kappa shape index (κ3) is 4.40. The second-order valence-corrected chi connectivity index (χ2v) is 9.19. The summed E-state index contributed by atoms with van der Waals surface area (Å²) in [4.78, 5) is 28.6. The summed E-state index contributed by atoms with van der Waals surface area (Å²) in [6.07, 6.45) is 7.16. The summed E-state index contributed by atoms with van der Waals surface area (Å²) >= 11 is 3.35. The Morgan fingerprint density at radius 2 is 1.97 bits per heavy atom. The average molecular weight is 454 g/mol. The van der Waals surface area contributed by atoms with Crippen molar-refractivity contribution < 1.29 is 4.79 Å². The summed E-state index contributed by atoms with van der Waals surface area (Å²) in [5.74, 6) is 0.600. The zero-order chi connectivity index (χ0) is 20.4. The molecule has 0 aliphatic carbocycles. The van der Waals surface area contributed by atoms with E-state index < -0.39 is 0 Å². The number of rotatable bonds is 4. The minimum atomic E-state index is 0.0330. The molecule has 0 bridgehead atoms. The Morgan fingerprint density at radius 1 is 1.21 bits per heavy atom. The van der Waals surface area contributed by atoms with Gasteiger partial charge < -0.3 is 10.2 Å². The monoisotopic (exact) mass is 453 g/mol. The lowest BCUT2D eigenvalue weighted by atomic mass is 9.81. The molecule has 1 aliphatic rings. The molecule has 0 radical (unpaired) electrons. The van der Waals surface area contributed by atoms with Crippen molar-refractivity contribution in [3.05, 3.63) is 59.0 Å². The van der Waals surface area contributed by atoms with Crippen LogP contribution in [0, 0.1) is 5.41 Å². The van der Waals surface area contributed by atoms with Gasteiger partial charge in [-0.15, -0.1) is 0 Å². The van der Waals surface area contributed by atoms with E-state index in [4.69, 9.17) is 0 Å². The van der Waals surface area contributed by atoms with Crippen LogP contribution in [0.2, 0.25) is 0 Å². The molecule has 2 aromatic heterocycles. The van der Waals surface area contributed by atoms with Gasteiger partial charge >= 0.3 is 0 Å². The zero-order valence-corrected chi connectivity index (χ0v) is 18.2. The standard InChI is InChI=1S/C22H24BrN5O/c1-22(2)9-8-17(13-27-21-25-11-16(23)12-26-21)28(14-22)20(29)18-7-3-5-15-6-4-10-24-19(15)18/h3-7,10-12,17H,8-9,13-14H2,1-2H3,(H,25,26,27). The van der Waals surface area contributed by atoms with Crippen LogP contribution in [0.4, 0.5) is 5.95 Å². The quantitative estimate of drug-likeness (QED) is 0.627. The van der Waals surface area contributed by atoms with Crippen LogP contribution in [0.3, 0.4) is 0 Å². The first-order chi connectivity index (χ1) is 13.9. The van der Waals surface area contributed by atoms with Gasteiger partial charge in [-0.3, -0.25) is 9.78 Å². The number of benzene rings is 1. The molecule has 0 spiro atoms. The van der Waals surface area contributed by atoms with Gasteiger partial charge in [-0.1, -0.05) is 32.0 Å². The number of amides is 1. The number of aromatic nitrogens is 3. The van der Waals surface area contributed by atoms with E-state index >= 15 is 0 Å². The second-order valence-electron chi connectivity index (χ2n) is 8.28. The topological polar surface area (TPSA) is 71.0 Å². The van der Waals surface area contributed by atoms with Gasteiger partial charge in [-0.2, -0.15) is 0 Å². The fourth-order valence-electron chi connectivity index (χ4n) is 3.88. The maximum atomic E-state index is 13.6. The number of hydrogen-bond donors (Lipinski definition) is 1. The number of halogens is 1. The second kappa shape index (κ2) is 8.06. The molecule has 150 valence electrons. The number of piperidine rings is 1. The number of hydrogen-bond acceptors (Lipinski definition) is 5. The highest BCUT2D eigenvalue weighted by Crippen LogP contribution is 2.33. The molecular formula is C22H24BrN5O. The Balaban J connectivity index is 1.59. The number of nitrogens with one attached hydrogen (secondary N) is 1. The van der Waals surface area contributed by atoms with Crippen molar-refractivity contribution in [2.75, 3.05) is 18.4 Å². The van der Waals surface area contributed by atoms with Crippen LogP contribution in [0.15, 0.2) is 53.4 Å². The number of para-hydroxylation sites is 1. The number of nitrogens with zero attached hydrogens (tertiary/aromatic N) is 4. The van der Waals surface area contributed by atoms with Crippen LogP contribution in [-0.2, 0) is 0 Å². The van der Waals surface area contributed by atoms with Crippen LogP contribution < -0.4 is 5.32 Å². The summed E-state index contributed by atoms with van der Waals surface area (Å²) in [6.45, 7) is 5.76. The van der Waals surface area contributed by atoms with Crippen molar-refractivity contribution in [3.63, 3.8) is 0 Å². The van der Waals surface area contributed by atoms with E-state index in [1.54, 1.807) is 18.6 Å². The first-order valence-electron chi connectivity index (χ1n) is 9.79. The Hall–Kier alpha value is -2.54. The average Bonchev–Trinajstić information content (AvgIpc) is 2.72. The Labute approximate surface area is 178 Å². The predicted octanol–water partition coefficient (Wildman–Crippen LogP) is 4.53. The largest absolute Gasteiger partial charge is 0.352 e. The van der Waals surface area contributed by atoms with Crippen molar-refractivity contribution in [1.82, 2.24) is 19.9 Å². The SMILES string of the molecule is CC1(C)CCC(CNc2ncc(Br)cn2)N(C(=O)c2cccc3cccnc23)C1. The molecule has 29 heavy (non-hydrogen) atoms. The van der Waals surface area contributed by atoms with Crippen LogP contribution in [0.5, 0.6) is 0 Å². The van der Waals surface area contributed by atoms with Crippen molar-refractivity contribution in [1.29, 1.82) is 0 Å². The molecule has 0 saturated carbocycles. The van der Waals surface area contributed by atoms with Crippen molar-refractivity contribution in [3.8, 4) is 0 Å². The van der Waals surface area contributed by atoms with Gasteiger partial charge in [0, 0.05) is 43.1 Å². The van der Waals surface area contributed by atoms with E-state index in [2.05, 4.69) is 50.0 Å². The lowest BCUT2D eigenvalue weighted by molar-refractivity contribution is 0.0421. The highest BCUT2D eigenvalue weighted by Gasteiger charge is 2.36. The number of anilines is 1. The summed E-state index contributed by atoms with van der Waals surface area (Å²) in [5.41, 5.74) is 1.50. The molecule has 1 fully saturated rings. The minimum Gasteiger partial charge on any atom is -0.352 e. The molecule has 1 N–H and O–H groups in total. The Kier molecular flexibility index (Phi) is 5.50.